The van der Waals surface area contributed by atoms with Crippen LogP contribution in [0, 0.1) is 5.92 Å². The van der Waals surface area contributed by atoms with Crippen LogP contribution in [0.25, 0.3) is 0 Å². The molecule has 240 valence electrons. The molecule has 5 atom stereocenters. The Bertz CT molecular complexity index is 1660. The van der Waals surface area contributed by atoms with E-state index in [0.29, 0.717) is 41.0 Å². The lowest BCUT2D eigenvalue weighted by atomic mass is 9.90. The predicted octanol–water partition coefficient (Wildman–Crippen LogP) is 5.80. The second kappa shape index (κ2) is 14.8. The van der Waals surface area contributed by atoms with Crippen molar-refractivity contribution in [2.24, 2.45) is 5.92 Å². The van der Waals surface area contributed by atoms with E-state index in [4.69, 9.17) is 9.47 Å². The van der Waals surface area contributed by atoms with E-state index in [9.17, 15) is 24.9 Å². The number of nitrogens with zero attached hydrogens (tertiary/aromatic N) is 1. The molecule has 1 saturated heterocycles. The summed E-state index contributed by atoms with van der Waals surface area (Å²) in [6.07, 6.45) is -2.26. The van der Waals surface area contributed by atoms with Crippen LogP contribution in [0.15, 0.2) is 97.1 Å². The average molecular weight is 625 g/mol. The maximum absolute atomic E-state index is 13.2. The molecule has 9 nitrogen and oxygen atoms in total. The van der Waals surface area contributed by atoms with Crippen molar-refractivity contribution >= 4 is 17.4 Å². The number of Topliss-reactive ketones (excluding diaryl/α,β-unsaturated/α-hetero) is 1. The zero-order chi connectivity index (χ0) is 32.8. The lowest BCUT2D eigenvalue weighted by Gasteiger charge is -2.42. The van der Waals surface area contributed by atoms with Crippen molar-refractivity contribution in [3.05, 3.63) is 130 Å². The number of ketones is 1. The lowest BCUT2D eigenvalue weighted by Crippen LogP contribution is -2.44. The molecular formula is C37H40N2O7. The van der Waals surface area contributed by atoms with Crippen LogP contribution in [0.4, 0.5) is 5.69 Å². The molecule has 1 aliphatic rings. The summed E-state index contributed by atoms with van der Waals surface area (Å²) in [6.45, 7) is 4.28. The maximum Gasteiger partial charge on any atom is 0.255 e. The number of benzene rings is 4. The summed E-state index contributed by atoms with van der Waals surface area (Å²) in [6, 6.07) is 28.1. The van der Waals surface area contributed by atoms with Crippen LogP contribution in [-0.4, -0.2) is 58.2 Å². The fraction of sp³-hybridized carbons (Fsp3) is 0.297. The van der Waals surface area contributed by atoms with Gasteiger partial charge >= 0.3 is 0 Å². The summed E-state index contributed by atoms with van der Waals surface area (Å²) in [7, 11) is 1.91. The first-order chi connectivity index (χ1) is 22.1. The number of hydrogen-bond acceptors (Lipinski definition) is 8. The number of hydrogen-bond donors (Lipinski definition) is 4. The van der Waals surface area contributed by atoms with Crippen molar-refractivity contribution in [1.82, 2.24) is 4.90 Å². The molecule has 1 heterocycles. The van der Waals surface area contributed by atoms with E-state index in [1.165, 1.54) is 6.92 Å². The Hall–Kier alpha value is -4.38. The van der Waals surface area contributed by atoms with E-state index >= 15 is 0 Å². The molecule has 4 aromatic carbocycles. The number of anilines is 1. The molecule has 0 radical (unpaired) electrons. The van der Waals surface area contributed by atoms with Gasteiger partial charge in [-0.3, -0.25) is 9.59 Å². The van der Waals surface area contributed by atoms with E-state index in [1.54, 1.807) is 66.7 Å². The van der Waals surface area contributed by atoms with Crippen LogP contribution < -0.4 is 5.32 Å². The van der Waals surface area contributed by atoms with Gasteiger partial charge in [-0.2, -0.15) is 0 Å². The molecule has 0 aliphatic carbocycles. The van der Waals surface area contributed by atoms with E-state index in [0.717, 1.165) is 11.1 Å². The van der Waals surface area contributed by atoms with Gasteiger partial charge in [0, 0.05) is 41.4 Å². The lowest BCUT2D eigenvalue weighted by molar-refractivity contribution is -0.276. The Labute approximate surface area is 269 Å². The first-order valence-corrected chi connectivity index (χ1v) is 15.3. The maximum atomic E-state index is 13.2. The second-order valence-electron chi connectivity index (χ2n) is 11.9. The smallest absolute Gasteiger partial charge is 0.255 e. The van der Waals surface area contributed by atoms with E-state index < -0.39 is 12.4 Å². The normalized spacial score (nSPS) is 20.3. The zero-order valence-electron chi connectivity index (χ0n) is 26.2. The average Bonchev–Trinajstić information content (AvgIpc) is 3.06. The van der Waals surface area contributed by atoms with Crippen LogP contribution in [0.2, 0.25) is 0 Å². The Balaban J connectivity index is 1.37. The number of carbonyl (C=O) groups excluding carboxylic acids is 2. The molecule has 0 bridgehead atoms. The van der Waals surface area contributed by atoms with Crippen molar-refractivity contribution in [2.75, 3.05) is 25.5 Å². The first-order valence-electron chi connectivity index (χ1n) is 15.3. The predicted molar refractivity (Wildman–Crippen MR) is 174 cm³/mol. The fourth-order valence-corrected chi connectivity index (χ4v) is 5.69. The molecule has 9 heteroatoms. The molecule has 1 amide bonds. The Morgan fingerprint density at radius 2 is 1.61 bits per heavy atom. The van der Waals surface area contributed by atoms with Gasteiger partial charge in [0.15, 0.2) is 12.1 Å². The highest BCUT2D eigenvalue weighted by atomic mass is 16.7. The van der Waals surface area contributed by atoms with Crippen molar-refractivity contribution in [3.63, 3.8) is 0 Å². The molecule has 4 aromatic rings. The van der Waals surface area contributed by atoms with Gasteiger partial charge < -0.3 is 35.0 Å². The molecule has 4 N–H and O–H groups in total. The van der Waals surface area contributed by atoms with Gasteiger partial charge in [0.1, 0.15) is 5.75 Å². The highest BCUT2D eigenvalue weighted by Crippen LogP contribution is 2.42. The third-order valence-electron chi connectivity index (χ3n) is 8.30. The number of phenolic OH excluding ortho intramolecular Hbond substituents is 1. The van der Waals surface area contributed by atoms with Gasteiger partial charge in [-0.05, 0) is 67.1 Å². The number of aliphatic hydroxyl groups is 2. The SMILES string of the molecule is CC(=O)c1cccc(NC(=O)c2cccc(C3OC(CN(C)CC(O)c4cccc(O)c4)C(C)C(c4ccc(CO)cc4)O3)c2)c1. The molecule has 46 heavy (non-hydrogen) atoms. The number of likely N-dealkylation sites (N-methyl/N-ethyl adjacent to an activating group) is 1. The summed E-state index contributed by atoms with van der Waals surface area (Å²) >= 11 is 0. The second-order valence-corrected chi connectivity index (χ2v) is 11.9. The van der Waals surface area contributed by atoms with Crippen LogP contribution >= 0.6 is 0 Å². The largest absolute Gasteiger partial charge is 0.508 e. The molecule has 5 rings (SSSR count). The summed E-state index contributed by atoms with van der Waals surface area (Å²) in [5, 5.41) is 33.1. The molecule has 0 saturated carbocycles. The minimum atomic E-state index is -0.809. The number of phenols is 1. The Morgan fingerprint density at radius 3 is 2.33 bits per heavy atom. The highest BCUT2D eigenvalue weighted by molar-refractivity contribution is 6.05. The van der Waals surface area contributed by atoms with Gasteiger partial charge in [0.05, 0.1) is 24.9 Å². The number of aromatic hydroxyl groups is 1. The minimum Gasteiger partial charge on any atom is -0.508 e. The highest BCUT2D eigenvalue weighted by Gasteiger charge is 2.39. The Morgan fingerprint density at radius 1 is 0.891 bits per heavy atom. The standard InChI is InChI=1S/C37H40N2O7/c1-23-34(21-39(3)20-33(43)28-8-6-12-32(42)19-28)45-37(46-35(23)26-15-13-25(22-40)14-16-26)30-10-4-9-29(17-30)36(44)38-31-11-5-7-27(18-31)24(2)41/h4-19,23,33-35,37,40,42-43H,20-22H2,1-3H3,(H,38,44). The van der Waals surface area contributed by atoms with Crippen LogP contribution in [0.5, 0.6) is 5.75 Å². The number of rotatable bonds is 11. The summed E-state index contributed by atoms with van der Waals surface area (Å²) in [5.74, 6) is -0.413. The fourth-order valence-electron chi connectivity index (χ4n) is 5.69. The van der Waals surface area contributed by atoms with Gasteiger partial charge in [0.25, 0.3) is 5.91 Å². The molecular weight excluding hydrogens is 584 g/mol. The van der Waals surface area contributed by atoms with Crippen molar-refractivity contribution in [1.29, 1.82) is 0 Å². The van der Waals surface area contributed by atoms with Gasteiger partial charge in [-0.15, -0.1) is 0 Å². The molecule has 0 spiro atoms. The summed E-state index contributed by atoms with van der Waals surface area (Å²) in [5.41, 5.74) is 4.45. The number of aliphatic hydroxyl groups excluding tert-OH is 2. The van der Waals surface area contributed by atoms with E-state index in [1.807, 2.05) is 42.3 Å². The van der Waals surface area contributed by atoms with Crippen molar-refractivity contribution < 1.29 is 34.4 Å². The topological polar surface area (TPSA) is 129 Å². The number of carbonyl (C=O) groups is 2. The van der Waals surface area contributed by atoms with Crippen LogP contribution in [0.1, 0.15) is 75.3 Å². The molecule has 5 unspecified atom stereocenters. The van der Waals surface area contributed by atoms with Crippen molar-refractivity contribution in [3.8, 4) is 5.75 Å². The summed E-state index contributed by atoms with van der Waals surface area (Å²) in [4.78, 5) is 27.0. The molecule has 1 fully saturated rings. The quantitative estimate of drug-likeness (QED) is 0.154. The van der Waals surface area contributed by atoms with E-state index in [2.05, 4.69) is 12.2 Å². The number of nitrogens with one attached hydrogen (secondary N) is 1. The first kappa shape index (κ1) is 33.0. The Kier molecular flexibility index (Phi) is 10.6. The third kappa shape index (κ3) is 8.06. The van der Waals surface area contributed by atoms with Gasteiger partial charge in [-0.1, -0.05) is 67.6 Å². The number of amides is 1. The van der Waals surface area contributed by atoms with Gasteiger partial charge in [-0.25, -0.2) is 0 Å². The minimum absolute atomic E-state index is 0.0596. The molecule has 0 aromatic heterocycles. The zero-order valence-corrected chi connectivity index (χ0v) is 26.2. The molecule has 1 aliphatic heterocycles. The van der Waals surface area contributed by atoms with E-state index in [-0.39, 0.29) is 42.2 Å². The number of ether oxygens (including phenoxy) is 2. The third-order valence-corrected chi connectivity index (χ3v) is 8.30. The monoisotopic (exact) mass is 624 g/mol. The van der Waals surface area contributed by atoms with Gasteiger partial charge in [0.2, 0.25) is 0 Å². The van der Waals surface area contributed by atoms with Crippen LogP contribution in [0.3, 0.4) is 0 Å². The summed E-state index contributed by atoms with van der Waals surface area (Å²) < 4.78 is 13.1. The van der Waals surface area contributed by atoms with Crippen LogP contribution in [-0.2, 0) is 16.1 Å². The van der Waals surface area contributed by atoms with Crippen molar-refractivity contribution in [2.45, 2.75) is 45.1 Å².